The first kappa shape index (κ1) is 10.8. The Morgan fingerprint density at radius 3 is 2.76 bits per heavy atom. The van der Waals surface area contributed by atoms with Crippen molar-refractivity contribution in [1.82, 2.24) is 9.78 Å². The molecule has 1 aromatic carbocycles. The Balaban J connectivity index is 2.61. The van der Waals surface area contributed by atoms with Crippen molar-refractivity contribution in [1.29, 1.82) is 0 Å². The lowest BCUT2D eigenvalue weighted by atomic mass is 10.1. The summed E-state index contributed by atoms with van der Waals surface area (Å²) in [6.07, 6.45) is 3.08. The van der Waals surface area contributed by atoms with Crippen molar-refractivity contribution in [3.8, 4) is 5.69 Å². The second kappa shape index (κ2) is 4.05. The predicted octanol–water partition coefficient (Wildman–Crippen LogP) is 0.879. The maximum atomic E-state index is 11.0. The molecule has 7 heteroatoms. The largest absolute Gasteiger partial charge is 0.366 e. The summed E-state index contributed by atoms with van der Waals surface area (Å²) in [7, 11) is 0. The molecule has 2 aromatic rings. The van der Waals surface area contributed by atoms with Crippen LogP contribution in [0.3, 0.4) is 0 Å². The van der Waals surface area contributed by atoms with Crippen LogP contribution in [0.25, 0.3) is 5.69 Å². The van der Waals surface area contributed by atoms with Gasteiger partial charge in [0.1, 0.15) is 5.69 Å². The van der Waals surface area contributed by atoms with Gasteiger partial charge in [0.15, 0.2) is 0 Å². The Morgan fingerprint density at radius 1 is 1.47 bits per heavy atom. The lowest BCUT2D eigenvalue weighted by Gasteiger charge is -2.03. The van der Waals surface area contributed by atoms with E-state index in [0.29, 0.717) is 0 Å². The second-order valence-electron chi connectivity index (χ2n) is 3.28. The number of nitrogens with zero attached hydrogens (tertiary/aromatic N) is 3. The number of carbonyl (C=O) groups is 1. The molecular formula is C10H8N4O3. The van der Waals surface area contributed by atoms with Crippen molar-refractivity contribution in [3.05, 3.63) is 52.3 Å². The molecule has 1 amide bonds. The van der Waals surface area contributed by atoms with E-state index in [1.807, 2.05) is 0 Å². The summed E-state index contributed by atoms with van der Waals surface area (Å²) in [4.78, 5) is 21.3. The third-order valence-corrected chi connectivity index (χ3v) is 2.21. The summed E-state index contributed by atoms with van der Waals surface area (Å²) in [5.74, 6) is -0.708. The minimum Gasteiger partial charge on any atom is -0.366 e. The highest BCUT2D eigenvalue weighted by Gasteiger charge is 2.17. The number of carbonyl (C=O) groups excluding carboxylic acids is 1. The molecular weight excluding hydrogens is 224 g/mol. The molecule has 0 aliphatic carbocycles. The molecule has 0 spiro atoms. The summed E-state index contributed by atoms with van der Waals surface area (Å²) >= 11 is 0. The molecule has 7 nitrogen and oxygen atoms in total. The number of nitro benzene ring substituents is 1. The molecule has 0 fully saturated rings. The fraction of sp³-hybridized carbons (Fsp3) is 0. The van der Waals surface area contributed by atoms with Crippen LogP contribution in [-0.2, 0) is 0 Å². The zero-order chi connectivity index (χ0) is 12.4. The molecule has 0 bridgehead atoms. The van der Waals surface area contributed by atoms with Gasteiger partial charge >= 0.3 is 0 Å². The quantitative estimate of drug-likeness (QED) is 0.626. The van der Waals surface area contributed by atoms with Crippen LogP contribution < -0.4 is 5.73 Å². The lowest BCUT2D eigenvalue weighted by Crippen LogP contribution is -2.12. The van der Waals surface area contributed by atoms with Gasteiger partial charge in [-0.15, -0.1) is 0 Å². The summed E-state index contributed by atoms with van der Waals surface area (Å²) in [6.45, 7) is 0. The van der Waals surface area contributed by atoms with Gasteiger partial charge in [-0.1, -0.05) is 0 Å². The molecule has 0 aliphatic rings. The van der Waals surface area contributed by atoms with E-state index >= 15 is 0 Å². The highest BCUT2D eigenvalue weighted by molar-refractivity contribution is 5.93. The molecule has 0 aliphatic heterocycles. The van der Waals surface area contributed by atoms with Gasteiger partial charge in [-0.25, -0.2) is 4.68 Å². The van der Waals surface area contributed by atoms with Gasteiger partial charge in [0.25, 0.3) is 5.69 Å². The van der Waals surface area contributed by atoms with Crippen molar-refractivity contribution >= 4 is 11.6 Å². The zero-order valence-electron chi connectivity index (χ0n) is 8.61. The first-order valence-electron chi connectivity index (χ1n) is 4.68. The number of rotatable bonds is 3. The number of aromatic nitrogens is 2. The third kappa shape index (κ3) is 1.98. The number of benzene rings is 1. The average Bonchev–Trinajstić information content (AvgIpc) is 2.81. The molecule has 2 rings (SSSR count). The molecule has 0 radical (unpaired) electrons. The van der Waals surface area contributed by atoms with Crippen LogP contribution in [0, 0.1) is 10.1 Å². The number of amides is 1. The molecule has 1 heterocycles. The minimum absolute atomic E-state index is 0.0904. The van der Waals surface area contributed by atoms with Crippen LogP contribution in [0.15, 0.2) is 36.7 Å². The van der Waals surface area contributed by atoms with Crippen molar-refractivity contribution in [2.24, 2.45) is 5.73 Å². The van der Waals surface area contributed by atoms with Crippen molar-refractivity contribution < 1.29 is 9.72 Å². The monoisotopic (exact) mass is 232 g/mol. The summed E-state index contributed by atoms with van der Waals surface area (Å²) < 4.78 is 1.35. The van der Waals surface area contributed by atoms with E-state index in [2.05, 4.69) is 5.10 Å². The maximum Gasteiger partial charge on any atom is 0.295 e. The minimum atomic E-state index is -0.708. The Bertz CT molecular complexity index is 577. The lowest BCUT2D eigenvalue weighted by molar-refractivity contribution is -0.384. The molecule has 86 valence electrons. The van der Waals surface area contributed by atoms with E-state index in [1.165, 1.54) is 23.0 Å². The summed E-state index contributed by atoms with van der Waals surface area (Å²) in [5, 5.41) is 14.8. The first-order valence-corrected chi connectivity index (χ1v) is 4.68. The van der Waals surface area contributed by atoms with E-state index in [-0.39, 0.29) is 16.9 Å². The fourth-order valence-electron chi connectivity index (χ4n) is 1.43. The Labute approximate surface area is 95.6 Å². The fourth-order valence-corrected chi connectivity index (χ4v) is 1.43. The molecule has 17 heavy (non-hydrogen) atoms. The van der Waals surface area contributed by atoms with E-state index in [0.717, 1.165) is 6.07 Å². The topological polar surface area (TPSA) is 104 Å². The van der Waals surface area contributed by atoms with Gasteiger partial charge < -0.3 is 5.73 Å². The molecule has 0 atom stereocenters. The van der Waals surface area contributed by atoms with Crippen LogP contribution in [0.2, 0.25) is 0 Å². The standard InChI is InChI=1S/C10H8N4O3/c11-10(15)7-2-3-8(9(6-7)14(16)17)13-5-1-4-12-13/h1-6H,(H2,11,15). The van der Waals surface area contributed by atoms with Crippen molar-refractivity contribution in [2.75, 3.05) is 0 Å². The van der Waals surface area contributed by atoms with Gasteiger partial charge in [0.05, 0.1) is 4.92 Å². The highest BCUT2D eigenvalue weighted by atomic mass is 16.6. The van der Waals surface area contributed by atoms with Crippen LogP contribution in [0.1, 0.15) is 10.4 Å². The van der Waals surface area contributed by atoms with Crippen molar-refractivity contribution in [2.45, 2.75) is 0 Å². The number of hydrogen-bond acceptors (Lipinski definition) is 4. The highest BCUT2D eigenvalue weighted by Crippen LogP contribution is 2.23. The van der Waals surface area contributed by atoms with Gasteiger partial charge in [0, 0.05) is 24.0 Å². The van der Waals surface area contributed by atoms with E-state index in [4.69, 9.17) is 5.73 Å². The predicted molar refractivity (Wildman–Crippen MR) is 58.7 cm³/mol. The molecule has 0 unspecified atom stereocenters. The Morgan fingerprint density at radius 2 is 2.24 bits per heavy atom. The van der Waals surface area contributed by atoms with Crippen LogP contribution in [0.4, 0.5) is 5.69 Å². The maximum absolute atomic E-state index is 11.0. The second-order valence-corrected chi connectivity index (χ2v) is 3.28. The van der Waals surface area contributed by atoms with Crippen LogP contribution in [0.5, 0.6) is 0 Å². The van der Waals surface area contributed by atoms with Crippen LogP contribution in [-0.4, -0.2) is 20.6 Å². The van der Waals surface area contributed by atoms with E-state index in [1.54, 1.807) is 12.3 Å². The average molecular weight is 232 g/mol. The normalized spacial score (nSPS) is 10.1. The van der Waals surface area contributed by atoms with Crippen LogP contribution >= 0.6 is 0 Å². The zero-order valence-corrected chi connectivity index (χ0v) is 8.61. The smallest absolute Gasteiger partial charge is 0.295 e. The van der Waals surface area contributed by atoms with E-state index < -0.39 is 10.8 Å². The molecule has 0 saturated heterocycles. The molecule has 2 N–H and O–H groups in total. The number of hydrogen-bond donors (Lipinski definition) is 1. The van der Waals surface area contributed by atoms with Gasteiger partial charge in [0.2, 0.25) is 5.91 Å². The third-order valence-electron chi connectivity index (χ3n) is 2.21. The first-order chi connectivity index (χ1) is 8.09. The van der Waals surface area contributed by atoms with E-state index in [9.17, 15) is 14.9 Å². The van der Waals surface area contributed by atoms with Gasteiger partial charge in [-0.05, 0) is 18.2 Å². The van der Waals surface area contributed by atoms with Gasteiger partial charge in [-0.3, -0.25) is 14.9 Å². The molecule has 1 aromatic heterocycles. The Kier molecular flexibility index (Phi) is 2.57. The Hall–Kier alpha value is -2.70. The summed E-state index contributed by atoms with van der Waals surface area (Å²) in [5.41, 5.74) is 5.22. The number of primary amides is 1. The number of nitrogens with two attached hydrogens (primary N) is 1. The van der Waals surface area contributed by atoms with Gasteiger partial charge in [-0.2, -0.15) is 5.10 Å². The molecule has 0 saturated carbocycles. The number of nitro groups is 1. The van der Waals surface area contributed by atoms with Crippen molar-refractivity contribution in [3.63, 3.8) is 0 Å². The summed E-state index contributed by atoms with van der Waals surface area (Å²) in [6, 6.07) is 5.64. The SMILES string of the molecule is NC(=O)c1ccc(-n2cccn2)c([N+](=O)[O-])c1.